The highest BCUT2D eigenvalue weighted by Gasteiger charge is 2.10. The van der Waals surface area contributed by atoms with E-state index in [9.17, 15) is 8.78 Å². The first kappa shape index (κ1) is 13.0. The van der Waals surface area contributed by atoms with Crippen molar-refractivity contribution in [3.05, 3.63) is 47.3 Å². The molecule has 0 fully saturated rings. The molecule has 3 aromatic rings. The van der Waals surface area contributed by atoms with Gasteiger partial charge in [-0.1, -0.05) is 0 Å². The van der Waals surface area contributed by atoms with Crippen molar-refractivity contribution < 1.29 is 8.78 Å². The van der Waals surface area contributed by atoms with Crippen LogP contribution in [0.25, 0.3) is 11.0 Å². The molecular weight excluding hydrogens is 282 g/mol. The van der Waals surface area contributed by atoms with Crippen molar-refractivity contribution in [1.29, 1.82) is 0 Å². The summed E-state index contributed by atoms with van der Waals surface area (Å²) < 4.78 is 31.0. The summed E-state index contributed by atoms with van der Waals surface area (Å²) in [5, 5.41) is 0. The molecule has 0 unspecified atom stereocenters. The molecule has 2 heterocycles. The first-order valence-corrected chi connectivity index (χ1v) is 6.59. The molecule has 0 amide bonds. The van der Waals surface area contributed by atoms with Crippen LogP contribution in [0.5, 0.6) is 0 Å². The van der Waals surface area contributed by atoms with E-state index < -0.39 is 11.6 Å². The van der Waals surface area contributed by atoms with Gasteiger partial charge >= 0.3 is 0 Å². The summed E-state index contributed by atoms with van der Waals surface area (Å²) in [7, 11) is 0. The summed E-state index contributed by atoms with van der Waals surface area (Å²) in [6.07, 6.45) is 6.10. The Morgan fingerprint density at radius 1 is 1.25 bits per heavy atom. The Bertz CT molecular complexity index is 789. The third kappa shape index (κ3) is 2.36. The van der Waals surface area contributed by atoms with Crippen LogP contribution in [0, 0.1) is 16.4 Å². The minimum Gasteiger partial charge on any atom is -0.337 e. The molecule has 2 aromatic heterocycles. The van der Waals surface area contributed by atoms with Gasteiger partial charge in [-0.15, -0.1) is 0 Å². The number of imidazole rings is 2. The van der Waals surface area contributed by atoms with E-state index in [1.807, 2.05) is 10.8 Å². The number of benzene rings is 1. The van der Waals surface area contributed by atoms with Crippen LogP contribution in [0.1, 0.15) is 6.42 Å². The van der Waals surface area contributed by atoms with Gasteiger partial charge in [0, 0.05) is 31.5 Å². The molecular formula is C13H12F2N4S. The summed E-state index contributed by atoms with van der Waals surface area (Å²) in [6.45, 7) is 1.35. The first-order valence-electron chi connectivity index (χ1n) is 6.18. The van der Waals surface area contributed by atoms with Crippen molar-refractivity contribution in [2.75, 3.05) is 0 Å². The van der Waals surface area contributed by atoms with Crippen molar-refractivity contribution in [1.82, 2.24) is 19.1 Å². The predicted octanol–water partition coefficient (Wildman–Crippen LogP) is 3.26. The summed E-state index contributed by atoms with van der Waals surface area (Å²) >= 11 is 5.17. The van der Waals surface area contributed by atoms with E-state index in [4.69, 9.17) is 12.2 Å². The Morgan fingerprint density at radius 2 is 2.10 bits per heavy atom. The number of halogens is 2. The third-order valence-corrected chi connectivity index (χ3v) is 3.48. The average molecular weight is 294 g/mol. The van der Waals surface area contributed by atoms with Gasteiger partial charge in [0.1, 0.15) is 11.3 Å². The van der Waals surface area contributed by atoms with Gasteiger partial charge in [-0.2, -0.15) is 0 Å². The van der Waals surface area contributed by atoms with Gasteiger partial charge in [0.05, 0.1) is 11.8 Å². The molecule has 0 aliphatic heterocycles. The van der Waals surface area contributed by atoms with Crippen molar-refractivity contribution in [3.63, 3.8) is 0 Å². The van der Waals surface area contributed by atoms with Gasteiger partial charge in [-0.05, 0) is 24.7 Å². The SMILES string of the molecule is Fc1cc(F)c2[nH]c(=S)n(CCCn3ccnc3)c2c1. The van der Waals surface area contributed by atoms with E-state index in [2.05, 4.69) is 9.97 Å². The zero-order chi connectivity index (χ0) is 14.1. The Labute approximate surface area is 118 Å². The smallest absolute Gasteiger partial charge is 0.178 e. The van der Waals surface area contributed by atoms with Gasteiger partial charge in [-0.25, -0.2) is 13.8 Å². The maximum atomic E-state index is 13.6. The number of aromatic nitrogens is 4. The van der Waals surface area contributed by atoms with Crippen molar-refractivity contribution >= 4 is 23.3 Å². The van der Waals surface area contributed by atoms with Crippen LogP contribution >= 0.6 is 12.2 Å². The van der Waals surface area contributed by atoms with E-state index in [1.165, 1.54) is 6.07 Å². The molecule has 0 radical (unpaired) electrons. The number of nitrogens with one attached hydrogen (secondary N) is 1. The van der Waals surface area contributed by atoms with Gasteiger partial charge in [0.15, 0.2) is 10.6 Å². The number of hydrogen-bond donors (Lipinski definition) is 1. The lowest BCUT2D eigenvalue weighted by molar-refractivity contribution is 0.565. The van der Waals surface area contributed by atoms with Gasteiger partial charge < -0.3 is 14.1 Å². The topological polar surface area (TPSA) is 38.5 Å². The third-order valence-electron chi connectivity index (χ3n) is 3.16. The molecule has 3 rings (SSSR count). The lowest BCUT2D eigenvalue weighted by Crippen LogP contribution is -2.03. The van der Waals surface area contributed by atoms with Crippen LogP contribution < -0.4 is 0 Å². The number of H-pyrrole nitrogens is 1. The lowest BCUT2D eigenvalue weighted by Gasteiger charge is -2.05. The molecule has 0 saturated carbocycles. The van der Waals surface area contributed by atoms with E-state index in [-0.39, 0.29) is 5.52 Å². The zero-order valence-corrected chi connectivity index (χ0v) is 11.3. The molecule has 0 saturated heterocycles. The Balaban J connectivity index is 1.87. The summed E-state index contributed by atoms with van der Waals surface area (Å²) in [4.78, 5) is 6.74. The van der Waals surface area contributed by atoms with Crippen LogP contribution in [-0.4, -0.2) is 19.1 Å². The number of nitrogens with zero attached hydrogens (tertiary/aromatic N) is 3. The predicted molar refractivity (Wildman–Crippen MR) is 73.9 cm³/mol. The molecule has 7 heteroatoms. The maximum Gasteiger partial charge on any atom is 0.178 e. The summed E-state index contributed by atoms with van der Waals surface area (Å²) in [5.41, 5.74) is 0.706. The van der Waals surface area contributed by atoms with E-state index in [0.717, 1.165) is 19.0 Å². The second-order valence-corrected chi connectivity index (χ2v) is 4.90. The second kappa shape index (κ2) is 5.16. The molecule has 20 heavy (non-hydrogen) atoms. The number of aromatic amines is 1. The standard InChI is InChI=1S/C13H12F2N4S/c14-9-6-10(15)12-11(7-9)19(13(20)17-12)4-1-3-18-5-2-16-8-18/h2,5-8H,1,3-4H2,(H,17,20). The molecule has 0 atom stereocenters. The fourth-order valence-electron chi connectivity index (χ4n) is 2.23. The van der Waals surface area contributed by atoms with Gasteiger partial charge in [0.2, 0.25) is 0 Å². The molecule has 1 N–H and O–H groups in total. The number of hydrogen-bond acceptors (Lipinski definition) is 2. The van der Waals surface area contributed by atoms with Gasteiger partial charge in [0.25, 0.3) is 0 Å². The van der Waals surface area contributed by atoms with Crippen molar-refractivity contribution in [2.24, 2.45) is 0 Å². The van der Waals surface area contributed by atoms with Crippen LogP contribution in [-0.2, 0) is 13.1 Å². The van der Waals surface area contributed by atoms with Crippen LogP contribution in [0.4, 0.5) is 8.78 Å². The Kier molecular flexibility index (Phi) is 3.35. The van der Waals surface area contributed by atoms with Crippen molar-refractivity contribution in [2.45, 2.75) is 19.5 Å². The number of aryl methyl sites for hydroxylation is 2. The highest BCUT2D eigenvalue weighted by Crippen LogP contribution is 2.19. The summed E-state index contributed by atoms with van der Waals surface area (Å²) in [5.74, 6) is -1.23. The highest BCUT2D eigenvalue weighted by molar-refractivity contribution is 7.71. The Morgan fingerprint density at radius 3 is 2.85 bits per heavy atom. The van der Waals surface area contributed by atoms with Crippen molar-refractivity contribution in [3.8, 4) is 0 Å². The van der Waals surface area contributed by atoms with Crippen LogP contribution in [0.2, 0.25) is 0 Å². The maximum absolute atomic E-state index is 13.6. The van der Waals surface area contributed by atoms with Crippen LogP contribution in [0.3, 0.4) is 0 Å². The molecule has 0 aliphatic carbocycles. The molecule has 0 aliphatic rings. The average Bonchev–Trinajstić information content (AvgIpc) is 3.00. The fraction of sp³-hybridized carbons (Fsp3) is 0.231. The van der Waals surface area contributed by atoms with E-state index in [0.29, 0.717) is 16.8 Å². The zero-order valence-electron chi connectivity index (χ0n) is 10.5. The molecule has 1 aromatic carbocycles. The number of fused-ring (bicyclic) bond motifs is 1. The highest BCUT2D eigenvalue weighted by atomic mass is 32.1. The van der Waals surface area contributed by atoms with E-state index >= 15 is 0 Å². The largest absolute Gasteiger partial charge is 0.337 e. The van der Waals surface area contributed by atoms with Gasteiger partial charge in [-0.3, -0.25) is 0 Å². The quantitative estimate of drug-likeness (QED) is 0.750. The number of rotatable bonds is 4. The normalized spacial score (nSPS) is 11.3. The molecule has 0 bridgehead atoms. The molecule has 104 valence electrons. The van der Waals surface area contributed by atoms with E-state index in [1.54, 1.807) is 17.1 Å². The van der Waals surface area contributed by atoms with Crippen LogP contribution in [0.15, 0.2) is 30.9 Å². The fourth-order valence-corrected chi connectivity index (χ4v) is 2.52. The lowest BCUT2D eigenvalue weighted by atomic mass is 10.3. The second-order valence-electron chi connectivity index (χ2n) is 4.52. The minimum atomic E-state index is -0.626. The Hall–Kier alpha value is -2.02. The molecule has 0 spiro atoms. The monoisotopic (exact) mass is 294 g/mol. The summed E-state index contributed by atoms with van der Waals surface area (Å²) in [6, 6.07) is 2.14. The minimum absolute atomic E-state index is 0.249. The molecule has 4 nitrogen and oxygen atoms in total. The first-order chi connectivity index (χ1) is 9.65.